The maximum atomic E-state index is 9.95. The number of pyridine rings is 1. The summed E-state index contributed by atoms with van der Waals surface area (Å²) < 4.78 is 0. The summed E-state index contributed by atoms with van der Waals surface area (Å²) in [6, 6.07) is 10.4. The van der Waals surface area contributed by atoms with E-state index in [0.29, 0.717) is 6.04 Å². The Bertz CT molecular complexity index is 850. The van der Waals surface area contributed by atoms with Crippen molar-refractivity contribution >= 4 is 5.71 Å². The van der Waals surface area contributed by atoms with Crippen molar-refractivity contribution in [2.24, 2.45) is 17.3 Å². The molecule has 2 N–H and O–H groups in total. The normalized spacial score (nSPS) is 29.7. The molecule has 1 aliphatic heterocycles. The van der Waals surface area contributed by atoms with Gasteiger partial charge in [0, 0.05) is 24.2 Å². The summed E-state index contributed by atoms with van der Waals surface area (Å²) in [5, 5.41) is 38.1. The fourth-order valence-corrected chi connectivity index (χ4v) is 4.33. The van der Waals surface area contributed by atoms with E-state index in [-0.39, 0.29) is 11.6 Å². The Balaban J connectivity index is 2.23. The minimum Gasteiger partial charge on any atom is -0.329 e. The van der Waals surface area contributed by atoms with Gasteiger partial charge in [0.05, 0.1) is 43.1 Å². The van der Waals surface area contributed by atoms with Crippen molar-refractivity contribution in [3.63, 3.8) is 0 Å². The smallest absolute Gasteiger partial charge is 0.190 e. The highest BCUT2D eigenvalue weighted by atomic mass is 15.2. The molecule has 2 aliphatic rings. The molecule has 0 amide bonds. The average Bonchev–Trinajstić information content (AvgIpc) is 2.67. The largest absolute Gasteiger partial charge is 0.329 e. The Labute approximate surface area is 153 Å². The van der Waals surface area contributed by atoms with Gasteiger partial charge in [-0.25, -0.2) is 0 Å². The van der Waals surface area contributed by atoms with Crippen LogP contribution in [0.15, 0.2) is 36.2 Å². The summed E-state index contributed by atoms with van der Waals surface area (Å²) >= 11 is 0. The molecular weight excluding hydrogens is 324 g/mol. The molecule has 0 spiro atoms. The second-order valence-corrected chi connectivity index (χ2v) is 7.30. The van der Waals surface area contributed by atoms with E-state index in [1.165, 1.54) is 4.90 Å². The van der Waals surface area contributed by atoms with Crippen molar-refractivity contribution in [2.45, 2.75) is 25.8 Å². The number of hydrogen-bond acceptors (Lipinski definition) is 5. The Morgan fingerprint density at radius 2 is 2.04 bits per heavy atom. The molecule has 1 saturated carbocycles. The highest BCUT2D eigenvalue weighted by Crippen LogP contribution is 2.52. The van der Waals surface area contributed by atoms with Crippen LogP contribution in [0.5, 0.6) is 0 Å². The maximum Gasteiger partial charge on any atom is 0.190 e. The summed E-state index contributed by atoms with van der Waals surface area (Å²) in [5.41, 5.74) is -0.0888. The van der Waals surface area contributed by atoms with Gasteiger partial charge in [-0.2, -0.15) is 15.8 Å². The molecule has 0 bridgehead atoms. The molecule has 1 fully saturated rings. The van der Waals surface area contributed by atoms with Crippen molar-refractivity contribution in [3.8, 4) is 18.2 Å². The first-order valence-corrected chi connectivity index (χ1v) is 8.75. The van der Waals surface area contributed by atoms with E-state index in [0.717, 1.165) is 24.2 Å². The van der Waals surface area contributed by atoms with Crippen LogP contribution in [0.3, 0.4) is 0 Å². The topological polar surface area (TPSA) is 113 Å². The average molecular weight is 345 g/mol. The lowest BCUT2D eigenvalue weighted by Gasteiger charge is -2.46. The number of nitrogens with zero attached hydrogens (tertiary/aromatic N) is 4. The quantitative estimate of drug-likeness (QED) is 0.785. The Morgan fingerprint density at radius 3 is 2.58 bits per heavy atom. The number of hydrogen-bond donors (Lipinski definition) is 2. The summed E-state index contributed by atoms with van der Waals surface area (Å²) in [5.74, 6) is -1.44. The molecule has 4 atom stereocenters. The molecule has 0 saturated heterocycles. The van der Waals surface area contributed by atoms with E-state index in [1.54, 1.807) is 18.5 Å². The second-order valence-electron chi connectivity index (χ2n) is 7.30. The summed E-state index contributed by atoms with van der Waals surface area (Å²) in [6.07, 6.45) is 5.38. The summed E-state index contributed by atoms with van der Waals surface area (Å²) in [7, 11) is 0. The third-order valence-electron chi connectivity index (χ3n) is 5.77. The van der Waals surface area contributed by atoms with Crippen LogP contribution >= 0.6 is 0 Å². The molecule has 0 aromatic carbocycles. The van der Waals surface area contributed by atoms with Crippen molar-refractivity contribution in [2.75, 3.05) is 13.1 Å². The minimum atomic E-state index is -1.65. The molecule has 1 aromatic heterocycles. The van der Waals surface area contributed by atoms with Gasteiger partial charge in [-0.05, 0) is 37.1 Å². The van der Waals surface area contributed by atoms with Gasteiger partial charge in [-0.1, -0.05) is 6.07 Å². The number of aromatic nitrogens is 1. The zero-order valence-corrected chi connectivity index (χ0v) is 14.9. The number of rotatable bonds is 2. The van der Waals surface area contributed by atoms with Gasteiger partial charge in [0.25, 0.3) is 0 Å². The first kappa shape index (κ1) is 17.8. The molecule has 6 nitrogen and oxygen atoms in total. The predicted molar refractivity (Wildman–Crippen MR) is 94.9 cm³/mol. The number of quaternary nitrogens is 1. The number of nitrogens with one attached hydrogen (secondary N) is 2. The van der Waals surface area contributed by atoms with Crippen LogP contribution in [-0.4, -0.2) is 29.8 Å². The van der Waals surface area contributed by atoms with E-state index in [9.17, 15) is 15.8 Å². The number of fused-ring (bicyclic) bond motifs is 1. The van der Waals surface area contributed by atoms with E-state index < -0.39 is 17.3 Å². The van der Waals surface area contributed by atoms with Crippen LogP contribution in [0.1, 0.15) is 25.3 Å². The van der Waals surface area contributed by atoms with Crippen LogP contribution in [0.25, 0.3) is 0 Å². The van der Waals surface area contributed by atoms with Crippen LogP contribution in [0.4, 0.5) is 0 Å². The molecule has 1 aliphatic carbocycles. The lowest BCUT2D eigenvalue weighted by Crippen LogP contribution is -3.16. The van der Waals surface area contributed by atoms with Gasteiger partial charge >= 0.3 is 0 Å². The van der Waals surface area contributed by atoms with Crippen molar-refractivity contribution in [3.05, 3.63) is 41.7 Å². The van der Waals surface area contributed by atoms with E-state index in [1.807, 2.05) is 12.1 Å². The lowest BCUT2D eigenvalue weighted by atomic mass is 9.54. The molecule has 6 heteroatoms. The lowest BCUT2D eigenvalue weighted by molar-refractivity contribution is -0.920. The first-order chi connectivity index (χ1) is 12.5. The van der Waals surface area contributed by atoms with Crippen LogP contribution in [-0.2, 0) is 0 Å². The van der Waals surface area contributed by atoms with Crippen LogP contribution < -0.4 is 4.90 Å². The first-order valence-electron chi connectivity index (χ1n) is 8.75. The van der Waals surface area contributed by atoms with Gasteiger partial charge in [0.2, 0.25) is 0 Å². The minimum absolute atomic E-state index is 0.102. The number of nitriles is 3. The Morgan fingerprint density at radius 1 is 1.31 bits per heavy atom. The fraction of sp³-hybridized carbons (Fsp3) is 0.450. The maximum absolute atomic E-state index is 9.95. The molecule has 3 rings (SSSR count). The van der Waals surface area contributed by atoms with Crippen molar-refractivity contribution in [1.82, 2.24) is 4.98 Å². The van der Waals surface area contributed by atoms with E-state index in [2.05, 4.69) is 37.0 Å². The Kier molecular flexibility index (Phi) is 4.60. The third-order valence-corrected chi connectivity index (χ3v) is 5.77. The SMILES string of the molecule is CC(C)[NH+]1CC=C2C(C#N)C(=N)C(C#N)(C#N)[C@H](c3cccnc3)[C@H]2C1. The standard InChI is InChI=1S/C20H20N6/c1-13(2)26-7-5-15-16(8-21)19(24)20(11-22,12-23)18(17(15)10-26)14-4-3-6-25-9-14/h3-6,9,13,16-18,24H,7,10H2,1-2H3/p+1/t16?,17-,18+/m0/s1. The zero-order valence-electron chi connectivity index (χ0n) is 14.9. The molecule has 130 valence electrons. The zero-order chi connectivity index (χ0) is 18.9. The predicted octanol–water partition coefficient (Wildman–Crippen LogP) is 1.22. The van der Waals surface area contributed by atoms with Crippen molar-refractivity contribution < 1.29 is 4.90 Å². The molecule has 2 unspecified atom stereocenters. The van der Waals surface area contributed by atoms with Gasteiger partial charge in [-0.15, -0.1) is 0 Å². The third kappa shape index (κ3) is 2.49. The fourth-order valence-electron chi connectivity index (χ4n) is 4.33. The van der Waals surface area contributed by atoms with Crippen molar-refractivity contribution in [1.29, 1.82) is 21.2 Å². The van der Waals surface area contributed by atoms with Gasteiger partial charge < -0.3 is 10.3 Å². The van der Waals surface area contributed by atoms with Gasteiger partial charge in [-0.3, -0.25) is 4.98 Å². The molecule has 26 heavy (non-hydrogen) atoms. The summed E-state index contributed by atoms with van der Waals surface area (Å²) in [4.78, 5) is 5.52. The molecule has 0 radical (unpaired) electrons. The molecule has 2 heterocycles. The van der Waals surface area contributed by atoms with Gasteiger partial charge in [0.15, 0.2) is 5.41 Å². The van der Waals surface area contributed by atoms with Crippen LogP contribution in [0.2, 0.25) is 0 Å². The molecular formula is C20H21N6+. The summed E-state index contributed by atoms with van der Waals surface area (Å²) in [6.45, 7) is 5.81. The highest BCUT2D eigenvalue weighted by Gasteiger charge is 2.58. The monoisotopic (exact) mass is 345 g/mol. The van der Waals surface area contributed by atoms with E-state index in [4.69, 9.17) is 5.41 Å². The molecule has 1 aromatic rings. The van der Waals surface area contributed by atoms with Crippen LogP contribution in [0, 0.1) is 56.7 Å². The Hall–Kier alpha value is -3.01. The highest BCUT2D eigenvalue weighted by molar-refractivity contribution is 6.00. The van der Waals surface area contributed by atoms with E-state index >= 15 is 0 Å². The van der Waals surface area contributed by atoms with Gasteiger partial charge in [0.1, 0.15) is 5.92 Å². The second kappa shape index (κ2) is 6.71.